The first kappa shape index (κ1) is 24.9. The zero-order valence-corrected chi connectivity index (χ0v) is 18.6. The van der Waals surface area contributed by atoms with Crippen molar-refractivity contribution in [1.29, 1.82) is 0 Å². The molecule has 1 saturated heterocycles. The Morgan fingerprint density at radius 2 is 1.39 bits per heavy atom. The van der Waals surface area contributed by atoms with Crippen LogP contribution in [-0.4, -0.2) is 62.1 Å². The Balaban J connectivity index is 0.00000306. The van der Waals surface area contributed by atoms with Crippen molar-refractivity contribution >= 4 is 24.8 Å². The molecule has 0 spiro atoms. The molecule has 1 heterocycles. The summed E-state index contributed by atoms with van der Waals surface area (Å²) in [6, 6.07) is 24.0. The number of hydrogen-bond acceptors (Lipinski definition) is 4. The van der Waals surface area contributed by atoms with Crippen LogP contribution in [0.3, 0.4) is 0 Å². The van der Waals surface area contributed by atoms with Gasteiger partial charge in [0.2, 0.25) is 0 Å². The predicted molar refractivity (Wildman–Crippen MR) is 132 cm³/mol. The number of likely N-dealkylation sites (tertiary alicyclic amines) is 1. The summed E-state index contributed by atoms with van der Waals surface area (Å²) in [6.07, 6.45) is 2.13. The minimum atomic E-state index is -0.896. The van der Waals surface area contributed by atoms with E-state index in [0.717, 1.165) is 49.5 Å². The van der Waals surface area contributed by atoms with Crippen LogP contribution in [-0.2, 0) is 12.0 Å². The van der Waals surface area contributed by atoms with Crippen molar-refractivity contribution in [3.05, 3.63) is 95.1 Å². The number of benzene rings is 3. The number of ether oxygens (including phenoxy) is 2. The van der Waals surface area contributed by atoms with Gasteiger partial charge in [-0.25, -0.2) is 4.79 Å². The fourth-order valence-corrected chi connectivity index (χ4v) is 4.75. The van der Waals surface area contributed by atoms with Gasteiger partial charge in [-0.15, -0.1) is 0 Å². The van der Waals surface area contributed by atoms with E-state index < -0.39 is 5.97 Å². The summed E-state index contributed by atoms with van der Waals surface area (Å²) in [5.74, 6) is 0.808. The van der Waals surface area contributed by atoms with E-state index >= 15 is 0 Å². The fraction of sp³-hybridized carbons (Fsp3) is 0.296. The van der Waals surface area contributed by atoms with Crippen LogP contribution < -0.4 is 9.47 Å². The van der Waals surface area contributed by atoms with Crippen molar-refractivity contribution < 1.29 is 19.4 Å². The van der Waals surface area contributed by atoms with Gasteiger partial charge in [-0.3, -0.25) is 4.90 Å². The number of carboxylic acid groups (broad SMARTS) is 1. The number of carboxylic acids is 1. The third-order valence-electron chi connectivity index (χ3n) is 6.46. The predicted octanol–water partition coefficient (Wildman–Crippen LogP) is 4.34. The van der Waals surface area contributed by atoms with Crippen molar-refractivity contribution in [3.63, 3.8) is 0 Å². The van der Waals surface area contributed by atoms with E-state index in [9.17, 15) is 4.79 Å². The summed E-state index contributed by atoms with van der Waals surface area (Å²) in [4.78, 5) is 13.6. The fourth-order valence-electron chi connectivity index (χ4n) is 4.75. The SMILES string of the molecule is COc1ccc(C2(c3ccc(OC)cc3)CCCN(Cc3ccc(C(=O)O)cc3)C2)cc1.[LiH]. The number of carbonyl (C=O) groups is 1. The van der Waals surface area contributed by atoms with E-state index in [1.54, 1.807) is 26.4 Å². The van der Waals surface area contributed by atoms with Gasteiger partial charge in [-0.2, -0.15) is 0 Å². The molecule has 1 N–H and O–H groups in total. The molecule has 1 fully saturated rings. The Bertz CT molecular complexity index is 1000. The van der Waals surface area contributed by atoms with Crippen molar-refractivity contribution in [2.75, 3.05) is 27.3 Å². The van der Waals surface area contributed by atoms with Crippen LogP contribution in [0, 0.1) is 0 Å². The molecule has 0 aromatic heterocycles. The average molecular weight is 439 g/mol. The van der Waals surface area contributed by atoms with E-state index in [0.29, 0.717) is 5.56 Å². The number of methoxy groups -OCH3 is 2. The number of rotatable bonds is 7. The molecule has 0 radical (unpaired) electrons. The first-order chi connectivity index (χ1) is 15.5. The van der Waals surface area contributed by atoms with Crippen LogP contribution in [0.25, 0.3) is 0 Å². The molecular formula is C27H30LiNO4. The molecule has 3 aromatic carbocycles. The molecule has 1 aliphatic rings. The monoisotopic (exact) mass is 439 g/mol. The van der Waals surface area contributed by atoms with Crippen LogP contribution >= 0.6 is 0 Å². The molecule has 6 heteroatoms. The van der Waals surface area contributed by atoms with Gasteiger partial charge in [0.05, 0.1) is 19.8 Å². The Morgan fingerprint density at radius 1 is 0.879 bits per heavy atom. The van der Waals surface area contributed by atoms with Crippen LogP contribution in [0.5, 0.6) is 11.5 Å². The quantitative estimate of drug-likeness (QED) is 0.555. The van der Waals surface area contributed by atoms with Gasteiger partial charge in [0.1, 0.15) is 11.5 Å². The van der Waals surface area contributed by atoms with Crippen LogP contribution in [0.2, 0.25) is 0 Å². The summed E-state index contributed by atoms with van der Waals surface area (Å²) in [5, 5.41) is 9.16. The average Bonchev–Trinajstić information content (AvgIpc) is 2.84. The molecule has 0 bridgehead atoms. The molecule has 0 amide bonds. The molecular weight excluding hydrogens is 409 g/mol. The maximum atomic E-state index is 11.2. The number of aromatic carboxylic acids is 1. The van der Waals surface area contributed by atoms with Gasteiger partial charge in [0.15, 0.2) is 0 Å². The molecule has 168 valence electrons. The molecule has 0 aliphatic carbocycles. The first-order valence-electron chi connectivity index (χ1n) is 10.9. The second-order valence-electron chi connectivity index (χ2n) is 8.36. The summed E-state index contributed by atoms with van der Waals surface area (Å²) in [6.45, 7) is 2.68. The molecule has 0 unspecified atom stereocenters. The Labute approximate surface area is 207 Å². The van der Waals surface area contributed by atoms with E-state index in [1.165, 1.54) is 11.1 Å². The molecule has 1 aliphatic heterocycles. The second kappa shape index (κ2) is 10.9. The number of piperidine rings is 1. The van der Waals surface area contributed by atoms with E-state index in [-0.39, 0.29) is 24.3 Å². The molecule has 5 nitrogen and oxygen atoms in total. The number of hydrogen-bond donors (Lipinski definition) is 1. The Hall–Kier alpha value is -2.71. The molecule has 0 atom stereocenters. The zero-order chi connectivity index (χ0) is 22.6. The van der Waals surface area contributed by atoms with Crippen molar-refractivity contribution in [1.82, 2.24) is 4.90 Å². The van der Waals surface area contributed by atoms with E-state index in [2.05, 4.69) is 29.2 Å². The van der Waals surface area contributed by atoms with Gasteiger partial charge in [0.25, 0.3) is 0 Å². The Morgan fingerprint density at radius 3 is 1.85 bits per heavy atom. The van der Waals surface area contributed by atoms with Crippen LogP contribution in [0.1, 0.15) is 39.9 Å². The van der Waals surface area contributed by atoms with Gasteiger partial charge in [-0.1, -0.05) is 36.4 Å². The number of nitrogens with zero attached hydrogens (tertiary/aromatic N) is 1. The van der Waals surface area contributed by atoms with E-state index in [1.807, 2.05) is 36.4 Å². The third kappa shape index (κ3) is 5.44. The second-order valence-corrected chi connectivity index (χ2v) is 8.36. The normalized spacial score (nSPS) is 15.3. The maximum absolute atomic E-state index is 11.2. The van der Waals surface area contributed by atoms with Crippen molar-refractivity contribution in [2.45, 2.75) is 24.8 Å². The van der Waals surface area contributed by atoms with Gasteiger partial charge in [-0.05, 0) is 72.5 Å². The topological polar surface area (TPSA) is 59.0 Å². The summed E-state index contributed by atoms with van der Waals surface area (Å²) >= 11 is 0. The molecule has 3 aromatic rings. The minimum absolute atomic E-state index is 0. The summed E-state index contributed by atoms with van der Waals surface area (Å²) < 4.78 is 10.8. The standard InChI is InChI=1S/C27H29NO4.Li.H/c1-31-24-12-8-22(9-13-24)27(23-10-14-25(32-2)15-11-23)16-3-17-28(19-27)18-20-4-6-21(7-5-20)26(29)30;;/h4-15H,3,16-19H2,1-2H3,(H,29,30);;. The van der Waals surface area contributed by atoms with Crippen LogP contribution in [0.15, 0.2) is 72.8 Å². The third-order valence-corrected chi connectivity index (χ3v) is 6.46. The van der Waals surface area contributed by atoms with Gasteiger partial charge in [0, 0.05) is 18.5 Å². The van der Waals surface area contributed by atoms with Crippen molar-refractivity contribution in [3.8, 4) is 11.5 Å². The van der Waals surface area contributed by atoms with Gasteiger partial charge >= 0.3 is 24.8 Å². The van der Waals surface area contributed by atoms with Crippen LogP contribution in [0.4, 0.5) is 0 Å². The first-order valence-corrected chi connectivity index (χ1v) is 10.9. The van der Waals surface area contributed by atoms with Crippen molar-refractivity contribution in [2.24, 2.45) is 0 Å². The zero-order valence-electron chi connectivity index (χ0n) is 18.6. The van der Waals surface area contributed by atoms with Gasteiger partial charge < -0.3 is 14.6 Å². The van der Waals surface area contributed by atoms with E-state index in [4.69, 9.17) is 14.6 Å². The molecule has 4 rings (SSSR count). The Kier molecular flexibility index (Phi) is 8.26. The summed E-state index contributed by atoms with van der Waals surface area (Å²) in [7, 11) is 3.37. The molecule has 33 heavy (non-hydrogen) atoms. The molecule has 0 saturated carbocycles. The summed E-state index contributed by atoms with van der Waals surface area (Å²) in [5.41, 5.74) is 3.84.